The molecule has 4 rings (SSSR count). The zero-order valence-corrected chi connectivity index (χ0v) is 20.2. The van der Waals surface area contributed by atoms with Crippen LogP contribution in [-0.2, 0) is 6.54 Å². The normalized spacial score (nSPS) is 10.7. The lowest BCUT2D eigenvalue weighted by molar-refractivity contribution is 0.0786. The second-order valence-electron chi connectivity index (χ2n) is 7.71. The molecule has 0 saturated carbocycles. The molecule has 0 aliphatic heterocycles. The minimum atomic E-state index is -0.149. The summed E-state index contributed by atoms with van der Waals surface area (Å²) in [5.41, 5.74) is 3.47. The van der Waals surface area contributed by atoms with Crippen molar-refractivity contribution in [3.8, 4) is 28.5 Å². The summed E-state index contributed by atoms with van der Waals surface area (Å²) in [5.74, 6) is 1.42. The highest BCUT2D eigenvalue weighted by Crippen LogP contribution is 2.40. The molecule has 0 radical (unpaired) electrons. The van der Waals surface area contributed by atoms with Crippen molar-refractivity contribution < 1.29 is 19.0 Å². The Hall–Kier alpha value is -3.77. The predicted molar refractivity (Wildman–Crippen MR) is 134 cm³/mol. The van der Waals surface area contributed by atoms with Crippen LogP contribution in [0, 0.1) is 0 Å². The molecule has 3 aromatic carbocycles. The Kier molecular flexibility index (Phi) is 6.89. The maximum absolute atomic E-state index is 13.7. The summed E-state index contributed by atoms with van der Waals surface area (Å²) in [5, 5.41) is 1.35. The first kappa shape index (κ1) is 23.4. The second-order valence-corrected chi connectivity index (χ2v) is 8.11. The zero-order valence-electron chi connectivity index (χ0n) is 19.5. The van der Waals surface area contributed by atoms with Crippen molar-refractivity contribution in [1.82, 2.24) is 9.88 Å². The van der Waals surface area contributed by atoms with Crippen molar-refractivity contribution in [2.45, 2.75) is 6.54 Å². The molecule has 174 valence electrons. The van der Waals surface area contributed by atoms with E-state index in [1.165, 1.54) is 0 Å². The van der Waals surface area contributed by atoms with Gasteiger partial charge in [-0.25, -0.2) is 4.98 Å². The second kappa shape index (κ2) is 10.0. The van der Waals surface area contributed by atoms with E-state index in [1.807, 2.05) is 54.6 Å². The van der Waals surface area contributed by atoms with Gasteiger partial charge >= 0.3 is 0 Å². The molecule has 1 aromatic heterocycles. The first-order chi connectivity index (χ1) is 16.5. The molecule has 0 saturated heterocycles. The lowest BCUT2D eigenvalue weighted by atomic mass is 10.0. The largest absolute Gasteiger partial charge is 0.493 e. The first-order valence-electron chi connectivity index (χ1n) is 10.7. The summed E-state index contributed by atoms with van der Waals surface area (Å²) in [6.07, 6.45) is 0. The van der Waals surface area contributed by atoms with Crippen LogP contribution >= 0.6 is 11.6 Å². The number of carbonyl (C=O) groups excluding carboxylic acids is 1. The molecule has 1 amide bonds. The number of carbonyl (C=O) groups is 1. The van der Waals surface area contributed by atoms with E-state index in [-0.39, 0.29) is 5.91 Å². The molecule has 1 heterocycles. The van der Waals surface area contributed by atoms with E-state index >= 15 is 0 Å². The van der Waals surface area contributed by atoms with E-state index in [0.717, 1.165) is 22.0 Å². The lowest BCUT2D eigenvalue weighted by Crippen LogP contribution is -2.27. The fourth-order valence-electron chi connectivity index (χ4n) is 3.98. The van der Waals surface area contributed by atoms with Gasteiger partial charge in [-0.15, -0.1) is 0 Å². The van der Waals surface area contributed by atoms with Crippen molar-refractivity contribution in [1.29, 1.82) is 0 Å². The van der Waals surface area contributed by atoms with Gasteiger partial charge in [-0.2, -0.15) is 0 Å². The Labute approximate surface area is 203 Å². The van der Waals surface area contributed by atoms with E-state index in [1.54, 1.807) is 45.4 Å². The Morgan fingerprint density at radius 2 is 1.62 bits per heavy atom. The van der Waals surface area contributed by atoms with Gasteiger partial charge in [0.05, 0.1) is 38.1 Å². The molecule has 6 nitrogen and oxygen atoms in total. The number of fused-ring (bicyclic) bond motifs is 1. The third-order valence-electron chi connectivity index (χ3n) is 5.64. The number of pyridine rings is 1. The van der Waals surface area contributed by atoms with E-state index < -0.39 is 0 Å². The summed E-state index contributed by atoms with van der Waals surface area (Å²) < 4.78 is 16.4. The molecule has 0 aliphatic rings. The highest BCUT2D eigenvalue weighted by atomic mass is 35.5. The van der Waals surface area contributed by atoms with Crippen molar-refractivity contribution in [2.75, 3.05) is 28.4 Å². The minimum Gasteiger partial charge on any atom is -0.493 e. The number of nitrogens with zero attached hydrogens (tertiary/aromatic N) is 2. The van der Waals surface area contributed by atoms with Crippen LogP contribution in [0.25, 0.3) is 22.2 Å². The molecular weight excluding hydrogens is 452 g/mol. The molecule has 7 heteroatoms. The van der Waals surface area contributed by atoms with Gasteiger partial charge in [0.2, 0.25) is 5.75 Å². The summed E-state index contributed by atoms with van der Waals surface area (Å²) in [6, 6.07) is 20.5. The Balaban J connectivity index is 1.75. The Morgan fingerprint density at radius 1 is 0.912 bits per heavy atom. The minimum absolute atomic E-state index is 0.149. The van der Waals surface area contributed by atoms with Crippen molar-refractivity contribution in [3.05, 3.63) is 82.9 Å². The lowest BCUT2D eigenvalue weighted by Gasteiger charge is -2.22. The maximum Gasteiger partial charge on any atom is 0.254 e. The topological polar surface area (TPSA) is 60.9 Å². The molecule has 0 N–H and O–H groups in total. The number of hydrogen-bond acceptors (Lipinski definition) is 5. The molecular formula is C27H25ClN2O4. The molecule has 0 unspecified atom stereocenters. The van der Waals surface area contributed by atoms with Gasteiger partial charge in [-0.1, -0.05) is 48.0 Å². The summed E-state index contributed by atoms with van der Waals surface area (Å²) >= 11 is 6.43. The van der Waals surface area contributed by atoms with Gasteiger partial charge in [-0.3, -0.25) is 4.79 Å². The highest BCUT2D eigenvalue weighted by Gasteiger charge is 2.22. The van der Waals surface area contributed by atoms with Crippen LogP contribution in [-0.4, -0.2) is 44.2 Å². The number of amides is 1. The van der Waals surface area contributed by atoms with Crippen molar-refractivity contribution in [3.63, 3.8) is 0 Å². The average Bonchev–Trinajstić information content (AvgIpc) is 2.87. The van der Waals surface area contributed by atoms with Crippen LogP contribution in [0.3, 0.4) is 0 Å². The van der Waals surface area contributed by atoms with Crippen LogP contribution in [0.1, 0.15) is 15.9 Å². The number of rotatable bonds is 7. The zero-order chi connectivity index (χ0) is 24.2. The fourth-order valence-corrected chi connectivity index (χ4v) is 4.21. The van der Waals surface area contributed by atoms with Crippen LogP contribution in [0.15, 0.2) is 66.7 Å². The Bertz CT molecular complexity index is 1360. The van der Waals surface area contributed by atoms with Gasteiger partial charge in [0.1, 0.15) is 0 Å². The molecule has 0 spiro atoms. The predicted octanol–water partition coefficient (Wildman–Crippen LogP) is 5.85. The molecule has 0 fully saturated rings. The third-order valence-corrected chi connectivity index (χ3v) is 5.97. The van der Waals surface area contributed by atoms with Crippen LogP contribution in [0.2, 0.25) is 5.02 Å². The van der Waals surface area contributed by atoms with Gasteiger partial charge < -0.3 is 19.1 Å². The summed E-state index contributed by atoms with van der Waals surface area (Å²) in [7, 11) is 6.44. The first-order valence-corrected chi connectivity index (χ1v) is 11.0. The van der Waals surface area contributed by atoms with Crippen LogP contribution in [0.4, 0.5) is 0 Å². The number of aromatic nitrogens is 1. The van der Waals surface area contributed by atoms with Gasteiger partial charge in [0.25, 0.3) is 5.91 Å². The van der Waals surface area contributed by atoms with Gasteiger partial charge in [0.15, 0.2) is 11.5 Å². The smallest absolute Gasteiger partial charge is 0.254 e. The third kappa shape index (κ3) is 4.37. The molecule has 0 bridgehead atoms. The number of hydrogen-bond donors (Lipinski definition) is 0. The number of ether oxygens (including phenoxy) is 3. The van der Waals surface area contributed by atoms with E-state index in [0.29, 0.717) is 40.1 Å². The molecule has 0 aliphatic carbocycles. The van der Waals surface area contributed by atoms with E-state index in [4.69, 9.17) is 30.8 Å². The van der Waals surface area contributed by atoms with Crippen LogP contribution < -0.4 is 14.2 Å². The number of methoxy groups -OCH3 is 3. The number of benzene rings is 3. The molecule has 4 aromatic rings. The standard InChI is InChI=1S/C27H25ClN2O4/c1-30(16-17-13-14-24(32-2)26(34-4)25(17)33-3)27(31)20-15-23(19-10-5-7-11-21(19)28)29-22-12-8-6-9-18(20)22/h5-15H,16H2,1-4H3. The van der Waals surface area contributed by atoms with Crippen molar-refractivity contribution in [2.24, 2.45) is 0 Å². The SMILES string of the molecule is COc1ccc(CN(C)C(=O)c2cc(-c3ccccc3Cl)nc3ccccc23)c(OC)c1OC. The van der Waals surface area contributed by atoms with Gasteiger partial charge in [-0.05, 0) is 30.3 Å². The monoisotopic (exact) mass is 476 g/mol. The van der Waals surface area contributed by atoms with Crippen LogP contribution in [0.5, 0.6) is 17.2 Å². The van der Waals surface area contributed by atoms with E-state index in [9.17, 15) is 4.79 Å². The van der Waals surface area contributed by atoms with Gasteiger partial charge in [0, 0.05) is 35.1 Å². The summed E-state index contributed by atoms with van der Waals surface area (Å²) in [6.45, 7) is 0.306. The quantitative estimate of drug-likeness (QED) is 0.334. The highest BCUT2D eigenvalue weighted by molar-refractivity contribution is 6.33. The molecule has 0 atom stereocenters. The molecule has 34 heavy (non-hydrogen) atoms. The van der Waals surface area contributed by atoms with Crippen molar-refractivity contribution >= 4 is 28.4 Å². The number of halogens is 1. The fraction of sp³-hybridized carbons (Fsp3) is 0.185. The maximum atomic E-state index is 13.7. The average molecular weight is 477 g/mol. The summed E-state index contributed by atoms with van der Waals surface area (Å²) in [4.78, 5) is 20.1. The Morgan fingerprint density at radius 3 is 2.32 bits per heavy atom. The van der Waals surface area contributed by atoms with E-state index in [2.05, 4.69) is 0 Å². The number of para-hydroxylation sites is 1.